The van der Waals surface area contributed by atoms with Gasteiger partial charge in [-0.3, -0.25) is 0 Å². The van der Waals surface area contributed by atoms with Crippen molar-refractivity contribution < 1.29 is 17.2 Å². The van der Waals surface area contributed by atoms with E-state index in [2.05, 4.69) is 15.9 Å². The Kier molecular flexibility index (Phi) is 5.29. The Hall–Kier alpha value is -2.04. The summed E-state index contributed by atoms with van der Waals surface area (Å²) in [5, 5.41) is 9.09. The zero-order valence-electron chi connectivity index (χ0n) is 11.6. The van der Waals surface area contributed by atoms with E-state index in [1.54, 1.807) is 30.3 Å². The van der Waals surface area contributed by atoms with E-state index in [-0.39, 0.29) is 11.3 Å². The molecule has 0 saturated heterocycles. The molecule has 0 aromatic heterocycles. The number of halogens is 3. The molecule has 0 N–H and O–H groups in total. The van der Waals surface area contributed by atoms with E-state index in [9.17, 15) is 17.2 Å². The van der Waals surface area contributed by atoms with Crippen molar-refractivity contribution in [2.24, 2.45) is 0 Å². The summed E-state index contributed by atoms with van der Waals surface area (Å²) in [5.41, 5.74) is 0.330. The lowest BCUT2D eigenvalue weighted by Gasteiger charge is -2.04. The molecule has 0 saturated carbocycles. The lowest BCUT2D eigenvalue weighted by atomic mass is 10.2. The van der Waals surface area contributed by atoms with Gasteiger partial charge < -0.3 is 0 Å². The number of rotatable bonds is 4. The molecule has 0 unspecified atom stereocenters. The molecule has 0 amide bonds. The minimum absolute atomic E-state index is 0.165. The highest BCUT2D eigenvalue weighted by Crippen LogP contribution is 2.20. The maximum absolute atomic E-state index is 13.6. The van der Waals surface area contributed by atoms with Gasteiger partial charge in [0.25, 0.3) is 0 Å². The molecule has 118 valence electrons. The number of benzene rings is 2. The summed E-state index contributed by atoms with van der Waals surface area (Å²) < 4.78 is 51.9. The highest BCUT2D eigenvalue weighted by molar-refractivity contribution is 9.10. The molecule has 0 heterocycles. The van der Waals surface area contributed by atoms with Crippen LogP contribution >= 0.6 is 15.9 Å². The molecular weight excluding hydrogens is 388 g/mol. The van der Waals surface area contributed by atoms with Gasteiger partial charge in [-0.15, -0.1) is 0 Å². The van der Waals surface area contributed by atoms with Gasteiger partial charge in [-0.2, -0.15) is 5.26 Å². The second kappa shape index (κ2) is 7.02. The summed E-state index contributed by atoms with van der Waals surface area (Å²) in [7, 11) is -3.94. The van der Waals surface area contributed by atoms with Crippen LogP contribution in [0.5, 0.6) is 0 Å². The Bertz CT molecular complexity index is 901. The fourth-order valence-electron chi connectivity index (χ4n) is 1.83. The maximum atomic E-state index is 13.6. The molecular formula is C16H10BrF2NO2S. The van der Waals surface area contributed by atoms with Crippen LogP contribution < -0.4 is 0 Å². The lowest BCUT2D eigenvalue weighted by molar-refractivity contribution is 0.581. The summed E-state index contributed by atoms with van der Waals surface area (Å²) in [4.78, 5) is -0.578. The van der Waals surface area contributed by atoms with Gasteiger partial charge in [-0.05, 0) is 35.9 Å². The predicted molar refractivity (Wildman–Crippen MR) is 86.7 cm³/mol. The molecule has 0 atom stereocenters. The third kappa shape index (κ3) is 4.47. The van der Waals surface area contributed by atoms with E-state index in [4.69, 9.17) is 5.26 Å². The van der Waals surface area contributed by atoms with Crippen LogP contribution in [0.15, 0.2) is 51.8 Å². The number of nitrogens with zero attached hydrogens (tertiary/aromatic N) is 1. The fourth-order valence-corrected chi connectivity index (χ4v) is 3.33. The number of hydrogen-bond acceptors (Lipinski definition) is 3. The van der Waals surface area contributed by atoms with E-state index in [1.165, 1.54) is 0 Å². The van der Waals surface area contributed by atoms with E-state index in [1.807, 2.05) is 0 Å². The molecule has 0 aliphatic carbocycles. The quantitative estimate of drug-likeness (QED) is 0.726. The molecule has 3 nitrogen and oxygen atoms in total. The molecule has 0 aliphatic rings. The first-order chi connectivity index (χ1) is 10.8. The molecule has 0 aliphatic heterocycles. The van der Waals surface area contributed by atoms with Crippen LogP contribution in [0.1, 0.15) is 11.1 Å². The Labute approximate surface area is 140 Å². The highest BCUT2D eigenvalue weighted by Gasteiger charge is 2.19. The third-order valence-corrected chi connectivity index (χ3v) is 5.09. The largest absolute Gasteiger partial charge is 0.223 e. The fraction of sp³-hybridized carbons (Fsp3) is 0.0625. The first-order valence-corrected chi connectivity index (χ1v) is 8.80. The maximum Gasteiger partial charge on any atom is 0.192 e. The van der Waals surface area contributed by atoms with E-state index >= 15 is 0 Å². The van der Waals surface area contributed by atoms with E-state index in [0.717, 1.165) is 22.7 Å². The molecule has 0 fully saturated rings. The second-order valence-corrected chi connectivity index (χ2v) is 7.55. The smallest absolute Gasteiger partial charge is 0.192 e. The van der Waals surface area contributed by atoms with Crippen molar-refractivity contribution in [3.8, 4) is 6.07 Å². The third-order valence-electron chi connectivity index (χ3n) is 2.96. The molecule has 0 radical (unpaired) electrons. The molecule has 2 rings (SSSR count). The van der Waals surface area contributed by atoms with Gasteiger partial charge in [0.1, 0.15) is 22.6 Å². The lowest BCUT2D eigenvalue weighted by Crippen LogP contribution is -2.06. The number of nitriles is 1. The topological polar surface area (TPSA) is 57.9 Å². The molecule has 23 heavy (non-hydrogen) atoms. The Morgan fingerprint density at radius 3 is 2.39 bits per heavy atom. The van der Waals surface area contributed by atoms with Crippen LogP contribution in [0.25, 0.3) is 6.08 Å². The zero-order chi connectivity index (χ0) is 17.0. The van der Waals surface area contributed by atoms with Gasteiger partial charge in [0.05, 0.1) is 5.75 Å². The van der Waals surface area contributed by atoms with Crippen LogP contribution in [-0.2, 0) is 15.6 Å². The van der Waals surface area contributed by atoms with Crippen molar-refractivity contribution in [2.75, 3.05) is 0 Å². The minimum atomic E-state index is -3.94. The Morgan fingerprint density at radius 2 is 1.83 bits per heavy atom. The number of hydrogen-bond donors (Lipinski definition) is 0. The van der Waals surface area contributed by atoms with Gasteiger partial charge in [0.15, 0.2) is 9.84 Å². The zero-order valence-corrected chi connectivity index (χ0v) is 14.0. The van der Waals surface area contributed by atoms with Crippen LogP contribution in [0, 0.1) is 23.0 Å². The molecule has 0 bridgehead atoms. The van der Waals surface area contributed by atoms with E-state index < -0.39 is 26.4 Å². The summed E-state index contributed by atoms with van der Waals surface area (Å²) >= 11 is 3.24. The predicted octanol–water partition coefficient (Wildman–Crippen LogP) is 4.21. The minimum Gasteiger partial charge on any atom is -0.223 e. The SMILES string of the molecule is N#CC(=Cc1ccc(F)cc1F)S(=O)(=O)Cc1ccc(Br)cc1. The molecule has 2 aromatic carbocycles. The van der Waals surface area contributed by atoms with Gasteiger partial charge in [0.2, 0.25) is 0 Å². The van der Waals surface area contributed by atoms with Crippen LogP contribution in [0.4, 0.5) is 8.78 Å². The monoisotopic (exact) mass is 397 g/mol. The van der Waals surface area contributed by atoms with Crippen molar-refractivity contribution >= 4 is 31.8 Å². The summed E-state index contributed by atoms with van der Waals surface area (Å²) in [6.07, 6.45) is 0.906. The normalized spacial score (nSPS) is 12.0. The van der Waals surface area contributed by atoms with Crippen molar-refractivity contribution in [2.45, 2.75) is 5.75 Å². The van der Waals surface area contributed by atoms with E-state index in [0.29, 0.717) is 11.6 Å². The summed E-state index contributed by atoms with van der Waals surface area (Å²) in [6.45, 7) is 0. The highest BCUT2D eigenvalue weighted by atomic mass is 79.9. The van der Waals surface area contributed by atoms with Crippen molar-refractivity contribution in [1.82, 2.24) is 0 Å². The summed E-state index contributed by atoms with van der Waals surface area (Å²) in [6, 6.07) is 10.8. The van der Waals surface area contributed by atoms with Crippen molar-refractivity contribution in [1.29, 1.82) is 5.26 Å². The average molecular weight is 398 g/mol. The first-order valence-electron chi connectivity index (χ1n) is 6.36. The van der Waals surface area contributed by atoms with Crippen molar-refractivity contribution in [3.63, 3.8) is 0 Å². The van der Waals surface area contributed by atoms with Gasteiger partial charge in [-0.25, -0.2) is 17.2 Å². The van der Waals surface area contributed by atoms with Crippen LogP contribution in [0.2, 0.25) is 0 Å². The second-order valence-electron chi connectivity index (χ2n) is 4.67. The number of sulfone groups is 1. The van der Waals surface area contributed by atoms with Crippen LogP contribution in [-0.4, -0.2) is 8.42 Å². The molecule has 2 aromatic rings. The average Bonchev–Trinajstić information content (AvgIpc) is 2.48. The first kappa shape index (κ1) is 17.3. The standard InChI is InChI=1S/C16H10BrF2NO2S/c17-13-4-1-11(2-5-13)10-23(21,22)15(9-20)7-12-3-6-14(18)8-16(12)19/h1-8H,10H2. The molecule has 7 heteroatoms. The Morgan fingerprint density at radius 1 is 1.17 bits per heavy atom. The van der Waals surface area contributed by atoms with Crippen LogP contribution in [0.3, 0.4) is 0 Å². The van der Waals surface area contributed by atoms with Gasteiger partial charge in [0, 0.05) is 16.1 Å². The Balaban J connectivity index is 2.37. The molecule has 0 spiro atoms. The number of allylic oxidation sites excluding steroid dienone is 1. The van der Waals surface area contributed by atoms with Gasteiger partial charge >= 0.3 is 0 Å². The van der Waals surface area contributed by atoms with Gasteiger partial charge in [-0.1, -0.05) is 28.1 Å². The van der Waals surface area contributed by atoms with Crippen molar-refractivity contribution in [3.05, 3.63) is 74.6 Å². The summed E-state index contributed by atoms with van der Waals surface area (Å²) in [5.74, 6) is -2.10.